The Kier molecular flexibility index (Phi) is 9.41. The van der Waals surface area contributed by atoms with Crippen LogP contribution in [0.25, 0.3) is 0 Å². The van der Waals surface area contributed by atoms with Crippen LogP contribution in [0.2, 0.25) is 5.02 Å². The van der Waals surface area contributed by atoms with Gasteiger partial charge in [0.25, 0.3) is 0 Å². The van der Waals surface area contributed by atoms with Crippen LogP contribution in [0, 0.1) is 6.92 Å². The molecule has 2 N–H and O–H groups in total. The quantitative estimate of drug-likeness (QED) is 0.370. The van der Waals surface area contributed by atoms with Crippen LogP contribution in [0.4, 0.5) is 5.82 Å². The van der Waals surface area contributed by atoms with Crippen molar-refractivity contribution in [3.05, 3.63) is 76.8 Å². The molecule has 0 saturated heterocycles. The maximum absolute atomic E-state index is 13.7. The molecule has 3 aromatic rings. The molecule has 0 unspecified atom stereocenters. The van der Waals surface area contributed by atoms with Crippen molar-refractivity contribution in [3.63, 3.8) is 0 Å². The number of hydrogen-bond donors (Lipinski definition) is 2. The summed E-state index contributed by atoms with van der Waals surface area (Å²) >= 11 is 6.53. The van der Waals surface area contributed by atoms with Crippen molar-refractivity contribution in [1.82, 2.24) is 20.4 Å². The molecule has 0 aliphatic carbocycles. The number of aromatic nitrogens is 2. The minimum absolute atomic E-state index is 0.104. The van der Waals surface area contributed by atoms with Crippen molar-refractivity contribution in [2.45, 2.75) is 65.1 Å². The van der Waals surface area contributed by atoms with Crippen LogP contribution < -0.4 is 10.6 Å². The van der Waals surface area contributed by atoms with E-state index in [9.17, 15) is 14.4 Å². The summed E-state index contributed by atoms with van der Waals surface area (Å²) in [6.07, 6.45) is 3.72. The lowest BCUT2D eigenvalue weighted by molar-refractivity contribution is -0.142. The van der Waals surface area contributed by atoms with Gasteiger partial charge in [0.15, 0.2) is 5.82 Å². The highest BCUT2D eigenvalue weighted by molar-refractivity contribution is 6.31. The van der Waals surface area contributed by atoms with E-state index in [1.165, 1.54) is 4.90 Å². The lowest BCUT2D eigenvalue weighted by atomic mass is 9.98. The smallest absolute Gasteiger partial charge is 0.247 e. The molecule has 0 bridgehead atoms. The van der Waals surface area contributed by atoms with E-state index in [1.54, 1.807) is 55.7 Å². The molecule has 0 fully saturated rings. The molecule has 1 atom stereocenters. The standard InChI is InChI=1S/C27H32ClN5O4/c1-5-27(3,4)31-26(36)25(20-10-6-7-11-21(20)28)33(17-19-9-8-14-29-16-19)24(35)13-12-23(34)30-22-15-18(2)37-32-22/h6-11,14-16,25H,5,12-13,17H2,1-4H3,(H,31,36)(H,30,32,34)/t25-/m0/s1. The first-order valence-corrected chi connectivity index (χ1v) is 12.5. The summed E-state index contributed by atoms with van der Waals surface area (Å²) < 4.78 is 4.96. The summed E-state index contributed by atoms with van der Waals surface area (Å²) in [5, 5.41) is 9.76. The first kappa shape index (κ1) is 27.9. The Bertz CT molecular complexity index is 1230. The summed E-state index contributed by atoms with van der Waals surface area (Å²) in [6, 6.07) is 11.1. The topological polar surface area (TPSA) is 117 Å². The predicted molar refractivity (Wildman–Crippen MR) is 141 cm³/mol. The Labute approximate surface area is 221 Å². The number of anilines is 1. The van der Waals surface area contributed by atoms with Crippen LogP contribution >= 0.6 is 11.6 Å². The Morgan fingerprint density at radius 1 is 1.14 bits per heavy atom. The largest absolute Gasteiger partial charge is 0.360 e. The van der Waals surface area contributed by atoms with E-state index < -0.39 is 17.5 Å². The van der Waals surface area contributed by atoms with Crippen molar-refractivity contribution in [2.24, 2.45) is 0 Å². The number of halogens is 1. The van der Waals surface area contributed by atoms with Gasteiger partial charge in [0.1, 0.15) is 11.8 Å². The lowest BCUT2D eigenvalue weighted by Crippen LogP contribution is -2.50. The molecule has 0 spiro atoms. The third-order valence-corrected chi connectivity index (χ3v) is 6.31. The molecule has 196 valence electrons. The maximum atomic E-state index is 13.7. The molecule has 37 heavy (non-hydrogen) atoms. The van der Waals surface area contributed by atoms with Gasteiger partial charge in [0.2, 0.25) is 17.7 Å². The second kappa shape index (κ2) is 12.5. The molecule has 3 rings (SSSR count). The highest BCUT2D eigenvalue weighted by Gasteiger charge is 2.35. The lowest BCUT2D eigenvalue weighted by Gasteiger charge is -2.35. The van der Waals surface area contributed by atoms with E-state index in [1.807, 2.05) is 26.8 Å². The predicted octanol–water partition coefficient (Wildman–Crippen LogP) is 4.83. The molecule has 0 aliphatic rings. The number of nitrogens with one attached hydrogen (secondary N) is 2. The molecule has 2 heterocycles. The third-order valence-electron chi connectivity index (χ3n) is 5.96. The zero-order chi connectivity index (χ0) is 27.0. The third kappa shape index (κ3) is 7.88. The highest BCUT2D eigenvalue weighted by atomic mass is 35.5. The minimum Gasteiger partial charge on any atom is -0.360 e. The Hall–Kier alpha value is -3.72. The van der Waals surface area contributed by atoms with E-state index in [0.29, 0.717) is 22.8 Å². The van der Waals surface area contributed by atoms with Gasteiger partial charge in [-0.25, -0.2) is 0 Å². The number of benzene rings is 1. The van der Waals surface area contributed by atoms with Gasteiger partial charge in [-0.2, -0.15) is 0 Å². The molecule has 0 radical (unpaired) electrons. The first-order chi connectivity index (χ1) is 17.6. The van der Waals surface area contributed by atoms with Crippen molar-refractivity contribution in [2.75, 3.05) is 5.32 Å². The minimum atomic E-state index is -1.02. The molecule has 10 heteroatoms. The highest BCUT2D eigenvalue weighted by Crippen LogP contribution is 2.31. The first-order valence-electron chi connectivity index (χ1n) is 12.1. The van der Waals surface area contributed by atoms with Crippen molar-refractivity contribution < 1.29 is 18.9 Å². The Balaban J connectivity index is 1.91. The molecule has 0 saturated carbocycles. The van der Waals surface area contributed by atoms with Crippen LogP contribution in [-0.2, 0) is 20.9 Å². The monoisotopic (exact) mass is 525 g/mol. The molecule has 1 aromatic carbocycles. The van der Waals surface area contributed by atoms with Gasteiger partial charge in [0.05, 0.1) is 0 Å². The van der Waals surface area contributed by atoms with Gasteiger partial charge in [-0.1, -0.05) is 47.9 Å². The summed E-state index contributed by atoms with van der Waals surface area (Å²) in [6.45, 7) is 7.61. The van der Waals surface area contributed by atoms with Gasteiger partial charge < -0.3 is 20.1 Å². The number of nitrogens with zero attached hydrogens (tertiary/aromatic N) is 3. The average Bonchev–Trinajstić information content (AvgIpc) is 3.27. The van der Waals surface area contributed by atoms with Crippen LogP contribution in [-0.4, -0.2) is 38.3 Å². The zero-order valence-electron chi connectivity index (χ0n) is 21.5. The fourth-order valence-electron chi connectivity index (χ4n) is 3.64. The number of aryl methyl sites for hydroxylation is 1. The average molecular weight is 526 g/mol. The molecule has 3 amide bonds. The van der Waals surface area contributed by atoms with E-state index in [4.69, 9.17) is 16.1 Å². The van der Waals surface area contributed by atoms with E-state index >= 15 is 0 Å². The maximum Gasteiger partial charge on any atom is 0.247 e. The number of pyridine rings is 1. The number of amides is 3. The van der Waals surface area contributed by atoms with Crippen LogP contribution in [0.3, 0.4) is 0 Å². The molecule has 2 aromatic heterocycles. The molecular formula is C27H32ClN5O4. The number of carbonyl (C=O) groups excluding carboxylic acids is 3. The number of carbonyl (C=O) groups is 3. The van der Waals surface area contributed by atoms with Crippen LogP contribution in [0.1, 0.15) is 63.0 Å². The van der Waals surface area contributed by atoms with Crippen molar-refractivity contribution >= 4 is 35.1 Å². The fourth-order valence-corrected chi connectivity index (χ4v) is 3.88. The zero-order valence-corrected chi connectivity index (χ0v) is 22.2. The SMILES string of the molecule is CCC(C)(C)NC(=O)[C@H](c1ccccc1Cl)N(Cc1cccnc1)C(=O)CCC(=O)Nc1cc(C)on1. The second-order valence-electron chi connectivity index (χ2n) is 9.40. The Morgan fingerprint density at radius 2 is 1.89 bits per heavy atom. The van der Waals surface area contributed by atoms with Gasteiger partial charge in [0, 0.05) is 54.0 Å². The van der Waals surface area contributed by atoms with Gasteiger partial charge in [-0.05, 0) is 44.9 Å². The van der Waals surface area contributed by atoms with Gasteiger partial charge in [-0.3, -0.25) is 19.4 Å². The number of hydrogen-bond acceptors (Lipinski definition) is 6. The van der Waals surface area contributed by atoms with Crippen molar-refractivity contribution in [3.8, 4) is 0 Å². The van der Waals surface area contributed by atoms with Crippen LogP contribution in [0.15, 0.2) is 59.4 Å². The summed E-state index contributed by atoms with van der Waals surface area (Å²) in [4.78, 5) is 45.4. The molecule has 0 aliphatic heterocycles. The summed E-state index contributed by atoms with van der Waals surface area (Å²) in [7, 11) is 0. The molecule has 9 nitrogen and oxygen atoms in total. The van der Waals surface area contributed by atoms with Crippen LogP contribution in [0.5, 0.6) is 0 Å². The summed E-state index contributed by atoms with van der Waals surface area (Å²) in [5.41, 5.74) is 0.723. The van der Waals surface area contributed by atoms with E-state index in [2.05, 4.69) is 20.8 Å². The fraction of sp³-hybridized carbons (Fsp3) is 0.370. The molecular weight excluding hydrogens is 494 g/mol. The number of rotatable bonds is 11. The van der Waals surface area contributed by atoms with Gasteiger partial charge in [-0.15, -0.1) is 0 Å². The van der Waals surface area contributed by atoms with Crippen molar-refractivity contribution in [1.29, 1.82) is 0 Å². The Morgan fingerprint density at radius 3 is 2.51 bits per heavy atom. The van der Waals surface area contributed by atoms with E-state index in [0.717, 1.165) is 5.56 Å². The van der Waals surface area contributed by atoms with Gasteiger partial charge >= 0.3 is 0 Å². The second-order valence-corrected chi connectivity index (χ2v) is 9.81. The normalized spacial score (nSPS) is 12.0. The van der Waals surface area contributed by atoms with E-state index in [-0.39, 0.29) is 37.0 Å². The summed E-state index contributed by atoms with van der Waals surface area (Å²) in [5.74, 6) is -0.312.